The Kier molecular flexibility index (Phi) is 5.67. The fourth-order valence-corrected chi connectivity index (χ4v) is 5.11. The van der Waals surface area contributed by atoms with E-state index in [2.05, 4.69) is 5.16 Å². The van der Waals surface area contributed by atoms with Crippen molar-refractivity contribution in [3.05, 3.63) is 41.2 Å². The number of aromatic nitrogens is 1. The molecule has 8 heteroatoms. The molecule has 1 aromatic carbocycles. The third-order valence-electron chi connectivity index (χ3n) is 6.79. The number of fused-ring (bicyclic) bond motifs is 1. The van der Waals surface area contributed by atoms with Crippen LogP contribution in [0, 0.1) is 23.5 Å². The number of ether oxygens (including phenoxy) is 2. The fourth-order valence-electron chi connectivity index (χ4n) is 5.11. The summed E-state index contributed by atoms with van der Waals surface area (Å²) >= 11 is 0. The summed E-state index contributed by atoms with van der Waals surface area (Å²) in [7, 11) is 0. The highest BCUT2D eigenvalue weighted by atomic mass is 19.1. The van der Waals surface area contributed by atoms with Crippen LogP contribution in [0.15, 0.2) is 22.7 Å². The first-order chi connectivity index (χ1) is 15.7. The van der Waals surface area contributed by atoms with Gasteiger partial charge in [-0.1, -0.05) is 11.2 Å². The standard InChI is InChI=1S/C25H30F2N2O4/c1-25(2,3)32-24(30)29-11-15-9-17(10-16(15)12-29)31-13-18-22(28-33-23(18)14-7-8-14)21-19(26)5-4-6-20(21)27/h4-6,14-17H,7-13H2,1-3H3/t15-,16+,17?. The molecule has 2 aliphatic carbocycles. The van der Waals surface area contributed by atoms with Gasteiger partial charge in [-0.15, -0.1) is 0 Å². The summed E-state index contributed by atoms with van der Waals surface area (Å²) < 4.78 is 46.2. The molecule has 0 N–H and O–H groups in total. The second-order valence-corrected chi connectivity index (χ2v) is 10.6. The average Bonchev–Trinajstić information content (AvgIpc) is 3.18. The first kappa shape index (κ1) is 22.3. The summed E-state index contributed by atoms with van der Waals surface area (Å²) in [6.07, 6.45) is 3.42. The third-order valence-corrected chi connectivity index (χ3v) is 6.79. The highest BCUT2D eigenvalue weighted by Crippen LogP contribution is 2.46. The summed E-state index contributed by atoms with van der Waals surface area (Å²) in [4.78, 5) is 14.2. The molecule has 2 heterocycles. The minimum atomic E-state index is -0.662. The van der Waals surface area contributed by atoms with Crippen molar-refractivity contribution in [3.63, 3.8) is 0 Å². The number of carbonyl (C=O) groups is 1. The van der Waals surface area contributed by atoms with Crippen molar-refractivity contribution >= 4 is 6.09 Å². The number of amides is 1. The van der Waals surface area contributed by atoms with E-state index in [4.69, 9.17) is 14.0 Å². The lowest BCUT2D eigenvalue weighted by Crippen LogP contribution is -2.36. The molecule has 33 heavy (non-hydrogen) atoms. The van der Waals surface area contributed by atoms with Gasteiger partial charge in [0, 0.05) is 24.6 Å². The topological polar surface area (TPSA) is 64.8 Å². The SMILES string of the molecule is CC(C)(C)OC(=O)N1C[C@H]2CC(OCc3c(-c4c(F)cccc4F)noc3C3CC3)C[C@H]2C1. The molecule has 0 bridgehead atoms. The number of rotatable bonds is 5. The molecule has 1 aromatic heterocycles. The van der Waals surface area contributed by atoms with E-state index in [1.165, 1.54) is 18.2 Å². The number of likely N-dealkylation sites (tertiary alicyclic amines) is 1. The van der Waals surface area contributed by atoms with Crippen LogP contribution in [0.3, 0.4) is 0 Å². The van der Waals surface area contributed by atoms with Crippen LogP contribution in [0.4, 0.5) is 13.6 Å². The summed E-state index contributed by atoms with van der Waals surface area (Å²) in [5.74, 6) is 0.341. The van der Waals surface area contributed by atoms with Gasteiger partial charge in [-0.25, -0.2) is 13.6 Å². The van der Waals surface area contributed by atoms with E-state index in [0.29, 0.717) is 36.2 Å². The number of hydrogen-bond acceptors (Lipinski definition) is 5. The zero-order valence-corrected chi connectivity index (χ0v) is 19.3. The predicted molar refractivity (Wildman–Crippen MR) is 116 cm³/mol. The molecule has 1 amide bonds. The molecule has 2 aromatic rings. The van der Waals surface area contributed by atoms with Gasteiger partial charge in [-0.3, -0.25) is 0 Å². The van der Waals surface area contributed by atoms with Crippen molar-refractivity contribution in [1.29, 1.82) is 0 Å². The summed E-state index contributed by atoms with van der Waals surface area (Å²) in [5.41, 5.74) is 0.173. The van der Waals surface area contributed by atoms with Gasteiger partial charge in [0.25, 0.3) is 0 Å². The fraction of sp³-hybridized carbons (Fsp3) is 0.600. The predicted octanol–water partition coefficient (Wildman–Crippen LogP) is 5.66. The van der Waals surface area contributed by atoms with Crippen molar-refractivity contribution in [2.75, 3.05) is 13.1 Å². The van der Waals surface area contributed by atoms with Crippen LogP contribution in [-0.4, -0.2) is 40.9 Å². The largest absolute Gasteiger partial charge is 0.444 e. The van der Waals surface area contributed by atoms with E-state index in [0.717, 1.165) is 25.7 Å². The molecule has 178 valence electrons. The molecule has 6 nitrogen and oxygen atoms in total. The molecule has 3 aliphatic rings. The summed E-state index contributed by atoms with van der Waals surface area (Å²) in [6.45, 7) is 7.16. The van der Waals surface area contributed by atoms with E-state index in [1.54, 1.807) is 4.90 Å². The van der Waals surface area contributed by atoms with Gasteiger partial charge in [0.2, 0.25) is 0 Å². The summed E-state index contributed by atoms with van der Waals surface area (Å²) in [6, 6.07) is 3.79. The van der Waals surface area contributed by atoms with Crippen LogP contribution in [0.2, 0.25) is 0 Å². The average molecular weight is 461 g/mol. The number of nitrogens with zero attached hydrogens (tertiary/aromatic N) is 2. The van der Waals surface area contributed by atoms with E-state index in [-0.39, 0.29) is 36.0 Å². The van der Waals surface area contributed by atoms with Gasteiger partial charge in [0.15, 0.2) is 0 Å². The molecule has 3 fully saturated rings. The Morgan fingerprint density at radius 1 is 1.15 bits per heavy atom. The van der Waals surface area contributed by atoms with Crippen LogP contribution in [0.25, 0.3) is 11.3 Å². The molecule has 0 spiro atoms. The maximum Gasteiger partial charge on any atom is 0.410 e. The van der Waals surface area contributed by atoms with Crippen molar-refractivity contribution in [2.24, 2.45) is 11.8 Å². The molecule has 3 atom stereocenters. The van der Waals surface area contributed by atoms with E-state index in [9.17, 15) is 13.6 Å². The molecular weight excluding hydrogens is 430 g/mol. The minimum absolute atomic E-state index is 0.0288. The number of benzene rings is 1. The Labute approximate surface area is 192 Å². The normalized spacial score (nSPS) is 24.9. The van der Waals surface area contributed by atoms with E-state index in [1.807, 2.05) is 20.8 Å². The Balaban J connectivity index is 1.25. The molecule has 5 rings (SSSR count). The molecule has 1 unspecified atom stereocenters. The Morgan fingerprint density at radius 2 is 1.79 bits per heavy atom. The lowest BCUT2D eigenvalue weighted by Gasteiger charge is -2.25. The van der Waals surface area contributed by atoms with Gasteiger partial charge in [0.05, 0.1) is 18.3 Å². The Morgan fingerprint density at radius 3 is 2.36 bits per heavy atom. The molecule has 0 radical (unpaired) electrons. The molecule has 1 aliphatic heterocycles. The Hall–Kier alpha value is -2.48. The van der Waals surface area contributed by atoms with E-state index >= 15 is 0 Å². The third kappa shape index (κ3) is 4.63. The Bertz CT molecular complexity index is 1010. The van der Waals surface area contributed by atoms with Crippen molar-refractivity contribution in [3.8, 4) is 11.3 Å². The second kappa shape index (κ2) is 8.38. The lowest BCUT2D eigenvalue weighted by molar-refractivity contribution is 0.0203. The van der Waals surface area contributed by atoms with Crippen LogP contribution in [0.5, 0.6) is 0 Å². The maximum atomic E-state index is 14.4. The van der Waals surface area contributed by atoms with Crippen LogP contribution < -0.4 is 0 Å². The van der Waals surface area contributed by atoms with Gasteiger partial charge in [-0.05, 0) is 70.4 Å². The van der Waals surface area contributed by atoms with Gasteiger partial charge in [-0.2, -0.15) is 0 Å². The van der Waals surface area contributed by atoms with Crippen molar-refractivity contribution < 1.29 is 27.6 Å². The maximum absolute atomic E-state index is 14.4. The number of hydrogen-bond donors (Lipinski definition) is 0. The van der Waals surface area contributed by atoms with Gasteiger partial charge < -0.3 is 18.9 Å². The first-order valence-electron chi connectivity index (χ1n) is 11.7. The summed E-state index contributed by atoms with van der Waals surface area (Å²) in [5, 5.41) is 4.04. The number of carbonyl (C=O) groups excluding carboxylic acids is 1. The zero-order valence-electron chi connectivity index (χ0n) is 19.3. The van der Waals surface area contributed by atoms with Gasteiger partial charge >= 0.3 is 6.09 Å². The lowest BCUT2D eigenvalue weighted by atomic mass is 10.0. The van der Waals surface area contributed by atoms with Gasteiger partial charge in [0.1, 0.15) is 28.7 Å². The first-order valence-corrected chi connectivity index (χ1v) is 11.7. The monoisotopic (exact) mass is 460 g/mol. The quantitative estimate of drug-likeness (QED) is 0.576. The van der Waals surface area contributed by atoms with Crippen LogP contribution in [-0.2, 0) is 16.1 Å². The van der Waals surface area contributed by atoms with Crippen molar-refractivity contribution in [1.82, 2.24) is 10.1 Å². The second-order valence-electron chi connectivity index (χ2n) is 10.6. The van der Waals surface area contributed by atoms with Crippen molar-refractivity contribution in [2.45, 2.75) is 70.7 Å². The zero-order chi connectivity index (χ0) is 23.3. The smallest absolute Gasteiger partial charge is 0.410 e. The molecule has 1 saturated heterocycles. The molecule has 2 saturated carbocycles. The van der Waals surface area contributed by atoms with Crippen LogP contribution in [0.1, 0.15) is 63.7 Å². The van der Waals surface area contributed by atoms with Crippen LogP contribution >= 0.6 is 0 Å². The number of halogens is 2. The molecular formula is C25H30F2N2O4. The minimum Gasteiger partial charge on any atom is -0.444 e. The highest BCUT2D eigenvalue weighted by molar-refractivity contribution is 5.68. The highest BCUT2D eigenvalue weighted by Gasteiger charge is 2.44. The van der Waals surface area contributed by atoms with E-state index < -0.39 is 17.2 Å².